The zero-order valence-electron chi connectivity index (χ0n) is 10.5. The summed E-state index contributed by atoms with van der Waals surface area (Å²) in [6, 6.07) is 10.6. The van der Waals surface area contributed by atoms with Crippen molar-refractivity contribution in [1.82, 2.24) is 0 Å². The predicted octanol–water partition coefficient (Wildman–Crippen LogP) is 4.79. The highest BCUT2D eigenvalue weighted by atomic mass is 79.9. The van der Waals surface area contributed by atoms with Crippen LogP contribution in [0.4, 0.5) is 4.39 Å². The summed E-state index contributed by atoms with van der Waals surface area (Å²) in [6.07, 6.45) is 0.499. The molecule has 1 unspecified atom stereocenters. The summed E-state index contributed by atoms with van der Waals surface area (Å²) >= 11 is 9.44. The fourth-order valence-electron chi connectivity index (χ4n) is 2.00. The molecule has 2 aromatic rings. The van der Waals surface area contributed by atoms with Crippen LogP contribution in [0.5, 0.6) is 0 Å². The SMILES string of the molecule is Cc1ccc(Br)c(C(N)Cc2cccc(F)c2Cl)c1. The van der Waals surface area contributed by atoms with Gasteiger partial charge in [-0.1, -0.05) is 57.4 Å². The van der Waals surface area contributed by atoms with Crippen molar-refractivity contribution in [1.29, 1.82) is 0 Å². The van der Waals surface area contributed by atoms with Crippen LogP contribution in [0.2, 0.25) is 5.02 Å². The van der Waals surface area contributed by atoms with Crippen LogP contribution in [0.3, 0.4) is 0 Å². The molecule has 0 aliphatic carbocycles. The van der Waals surface area contributed by atoms with E-state index in [4.69, 9.17) is 17.3 Å². The van der Waals surface area contributed by atoms with Crippen molar-refractivity contribution in [2.24, 2.45) is 5.73 Å². The first kappa shape index (κ1) is 14.5. The molecule has 0 saturated carbocycles. The molecule has 0 saturated heterocycles. The predicted molar refractivity (Wildman–Crippen MR) is 80.9 cm³/mol. The first-order valence-electron chi connectivity index (χ1n) is 5.93. The van der Waals surface area contributed by atoms with Crippen LogP contribution < -0.4 is 5.73 Å². The number of hydrogen-bond acceptors (Lipinski definition) is 1. The van der Waals surface area contributed by atoms with Crippen molar-refractivity contribution in [3.8, 4) is 0 Å². The first-order chi connectivity index (χ1) is 8.99. The van der Waals surface area contributed by atoms with Crippen molar-refractivity contribution in [3.05, 3.63) is 68.4 Å². The number of nitrogens with two attached hydrogens (primary N) is 1. The summed E-state index contributed by atoms with van der Waals surface area (Å²) in [7, 11) is 0. The number of aryl methyl sites for hydroxylation is 1. The first-order valence-corrected chi connectivity index (χ1v) is 7.10. The molecular weight excluding hydrogens is 329 g/mol. The van der Waals surface area contributed by atoms with Gasteiger partial charge in [-0.05, 0) is 36.6 Å². The summed E-state index contributed by atoms with van der Waals surface area (Å²) in [5.41, 5.74) is 9.07. The molecular formula is C15H14BrClFN. The van der Waals surface area contributed by atoms with Crippen molar-refractivity contribution >= 4 is 27.5 Å². The van der Waals surface area contributed by atoms with Gasteiger partial charge in [0.2, 0.25) is 0 Å². The molecule has 4 heteroatoms. The lowest BCUT2D eigenvalue weighted by atomic mass is 9.98. The molecule has 0 fully saturated rings. The average molecular weight is 343 g/mol. The Hall–Kier alpha value is -0.900. The Kier molecular flexibility index (Phi) is 4.61. The molecule has 0 aliphatic heterocycles. The molecule has 19 heavy (non-hydrogen) atoms. The number of hydrogen-bond donors (Lipinski definition) is 1. The molecule has 0 aliphatic rings. The van der Waals surface area contributed by atoms with E-state index in [2.05, 4.69) is 15.9 Å². The van der Waals surface area contributed by atoms with E-state index in [1.54, 1.807) is 12.1 Å². The summed E-state index contributed by atoms with van der Waals surface area (Å²) in [5.74, 6) is -0.408. The zero-order chi connectivity index (χ0) is 14.0. The van der Waals surface area contributed by atoms with Gasteiger partial charge in [-0.2, -0.15) is 0 Å². The number of halogens is 3. The molecule has 1 nitrogen and oxygen atoms in total. The molecule has 0 heterocycles. The maximum Gasteiger partial charge on any atom is 0.142 e. The summed E-state index contributed by atoms with van der Waals surface area (Å²) in [4.78, 5) is 0. The molecule has 100 valence electrons. The fraction of sp³-hybridized carbons (Fsp3) is 0.200. The van der Waals surface area contributed by atoms with E-state index in [1.807, 2.05) is 25.1 Å². The molecule has 0 amide bonds. The highest BCUT2D eigenvalue weighted by molar-refractivity contribution is 9.10. The number of rotatable bonds is 3. The van der Waals surface area contributed by atoms with Gasteiger partial charge >= 0.3 is 0 Å². The third-order valence-electron chi connectivity index (χ3n) is 3.02. The second kappa shape index (κ2) is 6.04. The van der Waals surface area contributed by atoms with Gasteiger partial charge in [0.05, 0.1) is 5.02 Å². The fourth-order valence-corrected chi connectivity index (χ4v) is 2.74. The smallest absolute Gasteiger partial charge is 0.142 e. The van der Waals surface area contributed by atoms with E-state index in [9.17, 15) is 4.39 Å². The van der Waals surface area contributed by atoms with Gasteiger partial charge < -0.3 is 5.73 Å². The maximum absolute atomic E-state index is 13.4. The van der Waals surface area contributed by atoms with Crippen LogP contribution in [0.15, 0.2) is 40.9 Å². The minimum atomic E-state index is -0.408. The lowest BCUT2D eigenvalue weighted by Gasteiger charge is -2.16. The van der Waals surface area contributed by atoms with Crippen molar-refractivity contribution in [3.63, 3.8) is 0 Å². The molecule has 0 bridgehead atoms. The van der Waals surface area contributed by atoms with E-state index in [-0.39, 0.29) is 11.1 Å². The Morgan fingerprint density at radius 1 is 1.32 bits per heavy atom. The minimum absolute atomic E-state index is 0.154. The zero-order valence-corrected chi connectivity index (χ0v) is 12.8. The second-order valence-electron chi connectivity index (χ2n) is 4.55. The Labute approximate surface area is 125 Å². The van der Waals surface area contributed by atoms with Crippen LogP contribution in [0.25, 0.3) is 0 Å². The van der Waals surface area contributed by atoms with Gasteiger partial charge in [0.15, 0.2) is 0 Å². The van der Waals surface area contributed by atoms with Crippen LogP contribution >= 0.6 is 27.5 Å². The van der Waals surface area contributed by atoms with Gasteiger partial charge in [0, 0.05) is 10.5 Å². The molecule has 2 aromatic carbocycles. The van der Waals surface area contributed by atoms with Gasteiger partial charge in [-0.3, -0.25) is 0 Å². The quantitative estimate of drug-likeness (QED) is 0.852. The normalized spacial score (nSPS) is 12.5. The topological polar surface area (TPSA) is 26.0 Å². The van der Waals surface area contributed by atoms with E-state index in [0.717, 1.165) is 21.2 Å². The van der Waals surface area contributed by atoms with E-state index in [0.29, 0.717) is 6.42 Å². The van der Waals surface area contributed by atoms with Crippen molar-refractivity contribution < 1.29 is 4.39 Å². The third-order valence-corrected chi connectivity index (χ3v) is 4.17. The van der Waals surface area contributed by atoms with Gasteiger partial charge in [-0.25, -0.2) is 4.39 Å². The Morgan fingerprint density at radius 2 is 2.05 bits per heavy atom. The Bertz CT molecular complexity index is 601. The Balaban J connectivity index is 2.28. The average Bonchev–Trinajstić information content (AvgIpc) is 2.38. The van der Waals surface area contributed by atoms with E-state index < -0.39 is 5.82 Å². The monoisotopic (exact) mass is 341 g/mol. The second-order valence-corrected chi connectivity index (χ2v) is 5.78. The van der Waals surface area contributed by atoms with Crippen molar-refractivity contribution in [2.75, 3.05) is 0 Å². The lowest BCUT2D eigenvalue weighted by molar-refractivity contribution is 0.622. The molecule has 2 rings (SSSR count). The highest BCUT2D eigenvalue weighted by Crippen LogP contribution is 2.28. The van der Waals surface area contributed by atoms with Gasteiger partial charge in [0.25, 0.3) is 0 Å². The van der Waals surface area contributed by atoms with Gasteiger partial charge in [0.1, 0.15) is 5.82 Å². The van der Waals surface area contributed by atoms with Crippen LogP contribution in [0.1, 0.15) is 22.7 Å². The third kappa shape index (κ3) is 3.35. The summed E-state index contributed by atoms with van der Waals surface area (Å²) in [6.45, 7) is 2.01. The summed E-state index contributed by atoms with van der Waals surface area (Å²) in [5, 5.41) is 0.154. The molecule has 1 atom stereocenters. The molecule has 0 radical (unpaired) electrons. The largest absolute Gasteiger partial charge is 0.324 e. The minimum Gasteiger partial charge on any atom is -0.324 e. The van der Waals surface area contributed by atoms with E-state index >= 15 is 0 Å². The standard InChI is InChI=1S/C15H14BrClFN/c1-9-5-6-12(16)11(7-9)14(19)8-10-3-2-4-13(18)15(10)17/h2-7,14H,8,19H2,1H3. The van der Waals surface area contributed by atoms with Gasteiger partial charge in [-0.15, -0.1) is 0 Å². The Morgan fingerprint density at radius 3 is 2.79 bits per heavy atom. The lowest BCUT2D eigenvalue weighted by Crippen LogP contribution is -2.14. The van der Waals surface area contributed by atoms with E-state index in [1.165, 1.54) is 6.07 Å². The van der Waals surface area contributed by atoms with Crippen LogP contribution in [0, 0.1) is 12.7 Å². The number of benzene rings is 2. The highest BCUT2D eigenvalue weighted by Gasteiger charge is 2.14. The molecule has 0 aromatic heterocycles. The maximum atomic E-state index is 13.4. The molecule has 2 N–H and O–H groups in total. The summed E-state index contributed by atoms with van der Waals surface area (Å²) < 4.78 is 14.4. The van der Waals surface area contributed by atoms with Crippen LogP contribution in [-0.2, 0) is 6.42 Å². The molecule has 0 spiro atoms. The van der Waals surface area contributed by atoms with Crippen molar-refractivity contribution in [2.45, 2.75) is 19.4 Å². The van der Waals surface area contributed by atoms with Crippen LogP contribution in [-0.4, -0.2) is 0 Å².